The highest BCUT2D eigenvalue weighted by atomic mass is 32.2. The summed E-state index contributed by atoms with van der Waals surface area (Å²) < 4.78 is 43.1. The third-order valence-electron chi connectivity index (χ3n) is 5.33. The van der Waals surface area contributed by atoms with Gasteiger partial charge < -0.3 is 13.9 Å². The summed E-state index contributed by atoms with van der Waals surface area (Å²) in [4.78, 5) is 22.7. The maximum Gasteiger partial charge on any atom is 0.336 e. The molecule has 0 radical (unpaired) electrons. The van der Waals surface area contributed by atoms with Crippen molar-refractivity contribution in [2.45, 2.75) is 24.7 Å². The van der Waals surface area contributed by atoms with Gasteiger partial charge in [-0.25, -0.2) is 13.2 Å². The number of ether oxygens (including phenoxy) is 2. The second-order valence-corrected chi connectivity index (χ2v) is 9.78. The van der Waals surface area contributed by atoms with E-state index in [-0.39, 0.29) is 54.2 Å². The summed E-state index contributed by atoms with van der Waals surface area (Å²) in [6.45, 7) is 4.78. The van der Waals surface area contributed by atoms with Crippen LogP contribution in [0, 0.1) is 10.1 Å². The molecule has 1 fully saturated rings. The molecule has 11 heteroatoms. The Labute approximate surface area is 189 Å². The molecule has 0 bridgehead atoms. The van der Waals surface area contributed by atoms with Gasteiger partial charge in [0.25, 0.3) is 0 Å². The van der Waals surface area contributed by atoms with Crippen LogP contribution in [-0.2, 0) is 14.8 Å². The van der Waals surface area contributed by atoms with E-state index in [1.165, 1.54) is 28.6 Å². The molecule has 1 saturated heterocycles. The van der Waals surface area contributed by atoms with Crippen LogP contribution in [0.3, 0.4) is 0 Å². The molecule has 3 aromatic rings. The van der Waals surface area contributed by atoms with Crippen LogP contribution in [0.15, 0.2) is 56.6 Å². The summed E-state index contributed by atoms with van der Waals surface area (Å²) in [6.07, 6.45) is 0. The SMILES string of the molecule is CC(C)c1cc(=O)oc2cc(Oc3ccc(S(=O)(=O)N4CCOCC4)cc3[N+](=O)[O-])ccc12. The maximum absolute atomic E-state index is 12.9. The van der Waals surface area contributed by atoms with Crippen molar-refractivity contribution in [3.05, 3.63) is 68.6 Å². The average molecular weight is 474 g/mol. The van der Waals surface area contributed by atoms with Crippen LogP contribution in [-0.4, -0.2) is 43.9 Å². The van der Waals surface area contributed by atoms with Crippen LogP contribution in [0.1, 0.15) is 25.3 Å². The zero-order chi connectivity index (χ0) is 23.8. The molecule has 0 aliphatic carbocycles. The smallest absolute Gasteiger partial charge is 0.336 e. The highest BCUT2D eigenvalue weighted by molar-refractivity contribution is 7.89. The van der Waals surface area contributed by atoms with Gasteiger partial charge in [-0.15, -0.1) is 0 Å². The van der Waals surface area contributed by atoms with Crippen LogP contribution >= 0.6 is 0 Å². The van der Waals surface area contributed by atoms with E-state index in [4.69, 9.17) is 13.9 Å². The predicted molar refractivity (Wildman–Crippen MR) is 119 cm³/mol. The number of morpholine rings is 1. The molecule has 0 unspecified atom stereocenters. The Bertz CT molecular complexity index is 1370. The van der Waals surface area contributed by atoms with Crippen LogP contribution in [0.5, 0.6) is 11.5 Å². The van der Waals surface area contributed by atoms with Gasteiger partial charge in [0.15, 0.2) is 0 Å². The Kier molecular flexibility index (Phi) is 6.19. The number of hydrogen-bond acceptors (Lipinski definition) is 8. The van der Waals surface area contributed by atoms with Crippen LogP contribution in [0.25, 0.3) is 11.0 Å². The fraction of sp³-hybridized carbons (Fsp3) is 0.318. The van der Waals surface area contributed by atoms with Crippen molar-refractivity contribution in [3.63, 3.8) is 0 Å². The van der Waals surface area contributed by atoms with Gasteiger partial charge >= 0.3 is 11.3 Å². The molecule has 2 heterocycles. The number of sulfonamides is 1. The van der Waals surface area contributed by atoms with E-state index < -0.39 is 26.3 Å². The largest absolute Gasteiger partial charge is 0.450 e. The lowest BCUT2D eigenvalue weighted by molar-refractivity contribution is -0.385. The van der Waals surface area contributed by atoms with Crippen molar-refractivity contribution >= 4 is 26.7 Å². The van der Waals surface area contributed by atoms with Gasteiger partial charge in [0.05, 0.1) is 23.0 Å². The minimum absolute atomic E-state index is 0.0883. The summed E-state index contributed by atoms with van der Waals surface area (Å²) in [7, 11) is -3.91. The lowest BCUT2D eigenvalue weighted by Gasteiger charge is -2.26. The van der Waals surface area contributed by atoms with Crippen molar-refractivity contribution in [3.8, 4) is 11.5 Å². The number of benzene rings is 2. The molecule has 1 aromatic heterocycles. The van der Waals surface area contributed by atoms with Gasteiger partial charge in [0, 0.05) is 36.7 Å². The Morgan fingerprint density at radius 2 is 1.82 bits per heavy atom. The van der Waals surface area contributed by atoms with Gasteiger partial charge in [0.1, 0.15) is 11.3 Å². The van der Waals surface area contributed by atoms with E-state index in [1.807, 2.05) is 13.8 Å². The lowest BCUT2D eigenvalue weighted by atomic mass is 10.00. The number of hydrogen-bond donors (Lipinski definition) is 0. The molecule has 0 saturated carbocycles. The fourth-order valence-electron chi connectivity index (χ4n) is 3.66. The molecule has 4 rings (SSSR count). The second-order valence-electron chi connectivity index (χ2n) is 7.84. The first kappa shape index (κ1) is 22.9. The van der Waals surface area contributed by atoms with E-state index >= 15 is 0 Å². The number of fused-ring (bicyclic) bond motifs is 1. The molecule has 0 N–H and O–H groups in total. The van der Waals surface area contributed by atoms with Gasteiger partial charge in [-0.1, -0.05) is 13.8 Å². The molecule has 2 aromatic carbocycles. The third-order valence-corrected chi connectivity index (χ3v) is 7.23. The molecule has 0 atom stereocenters. The fourth-order valence-corrected chi connectivity index (χ4v) is 5.09. The minimum Gasteiger partial charge on any atom is -0.450 e. The van der Waals surface area contributed by atoms with Crippen molar-refractivity contribution < 1.29 is 27.2 Å². The number of nitrogens with zero attached hydrogens (tertiary/aromatic N) is 2. The average Bonchev–Trinajstić information content (AvgIpc) is 2.78. The van der Waals surface area contributed by atoms with Crippen LogP contribution < -0.4 is 10.4 Å². The van der Waals surface area contributed by atoms with E-state index in [1.54, 1.807) is 12.1 Å². The first-order valence-electron chi connectivity index (χ1n) is 10.3. The molecule has 10 nitrogen and oxygen atoms in total. The molecular weight excluding hydrogens is 452 g/mol. The van der Waals surface area contributed by atoms with Gasteiger partial charge in [0.2, 0.25) is 15.8 Å². The number of rotatable bonds is 6. The summed E-state index contributed by atoms with van der Waals surface area (Å²) >= 11 is 0. The molecule has 33 heavy (non-hydrogen) atoms. The summed E-state index contributed by atoms with van der Waals surface area (Å²) in [6, 6.07) is 9.73. The quantitative estimate of drug-likeness (QED) is 0.301. The molecule has 0 amide bonds. The minimum atomic E-state index is -3.91. The van der Waals surface area contributed by atoms with E-state index in [2.05, 4.69) is 0 Å². The van der Waals surface area contributed by atoms with Crippen molar-refractivity contribution in [1.82, 2.24) is 4.31 Å². The molecule has 174 valence electrons. The van der Waals surface area contributed by atoms with E-state index in [9.17, 15) is 23.3 Å². The van der Waals surface area contributed by atoms with Crippen molar-refractivity contribution in [1.29, 1.82) is 0 Å². The molecule has 1 aliphatic rings. The number of nitro benzene ring substituents is 1. The number of nitro groups is 1. The first-order chi connectivity index (χ1) is 15.7. The van der Waals surface area contributed by atoms with E-state index in [0.29, 0.717) is 0 Å². The second kappa shape index (κ2) is 8.93. The predicted octanol–water partition coefficient (Wildman–Crippen LogP) is 3.64. The van der Waals surface area contributed by atoms with Crippen LogP contribution in [0.4, 0.5) is 5.69 Å². The Morgan fingerprint density at radius 1 is 1.09 bits per heavy atom. The van der Waals surface area contributed by atoms with E-state index in [0.717, 1.165) is 17.0 Å². The van der Waals surface area contributed by atoms with Gasteiger partial charge in [-0.2, -0.15) is 4.31 Å². The van der Waals surface area contributed by atoms with Gasteiger partial charge in [-0.3, -0.25) is 10.1 Å². The normalized spacial score (nSPS) is 15.1. The Morgan fingerprint density at radius 3 is 2.48 bits per heavy atom. The highest BCUT2D eigenvalue weighted by Crippen LogP contribution is 2.36. The summed E-state index contributed by atoms with van der Waals surface area (Å²) in [5.41, 5.74) is 0.100. The van der Waals surface area contributed by atoms with Crippen molar-refractivity contribution in [2.75, 3.05) is 26.3 Å². The lowest BCUT2D eigenvalue weighted by Crippen LogP contribution is -2.40. The Balaban J connectivity index is 1.70. The maximum atomic E-state index is 12.9. The van der Waals surface area contributed by atoms with Gasteiger partial charge in [-0.05, 0) is 35.7 Å². The monoisotopic (exact) mass is 474 g/mol. The topological polar surface area (TPSA) is 129 Å². The summed E-state index contributed by atoms with van der Waals surface area (Å²) in [5, 5.41) is 12.4. The standard InChI is InChI=1S/C22H22N2O8S/c1-14(2)18-13-22(25)32-21-11-15(3-5-17(18)21)31-20-6-4-16(12-19(20)24(26)27)33(28,29)23-7-9-30-10-8-23/h3-6,11-14H,7-10H2,1-2H3. The first-order valence-corrected chi connectivity index (χ1v) is 11.7. The Hall–Kier alpha value is -3.28. The zero-order valence-corrected chi connectivity index (χ0v) is 18.8. The molecule has 0 spiro atoms. The third kappa shape index (κ3) is 4.61. The molecule has 1 aliphatic heterocycles. The molecular formula is C22H22N2O8S. The highest BCUT2D eigenvalue weighted by Gasteiger charge is 2.29. The van der Waals surface area contributed by atoms with Crippen LogP contribution in [0.2, 0.25) is 0 Å². The van der Waals surface area contributed by atoms with Crippen molar-refractivity contribution in [2.24, 2.45) is 0 Å². The zero-order valence-electron chi connectivity index (χ0n) is 18.0. The summed E-state index contributed by atoms with van der Waals surface area (Å²) in [5.74, 6) is 0.159.